The molecule has 0 bridgehead atoms. The molecule has 5 aromatic rings. The second kappa shape index (κ2) is 9.83. The van der Waals surface area contributed by atoms with E-state index in [1.165, 1.54) is 30.3 Å². The Bertz CT molecular complexity index is 2820. The fourth-order valence-corrected chi connectivity index (χ4v) is 8.06. The van der Waals surface area contributed by atoms with Crippen LogP contribution in [0.2, 0.25) is 0 Å². The van der Waals surface area contributed by atoms with Crippen LogP contribution in [0.5, 0.6) is 11.5 Å². The van der Waals surface area contributed by atoms with Crippen molar-refractivity contribution < 1.29 is 51.5 Å². The number of fused-ring (bicyclic) bond motifs is 6. The molecular formula is C31H19NO12S3. The first-order valence-corrected chi connectivity index (χ1v) is 17.8. The van der Waals surface area contributed by atoms with Crippen LogP contribution in [0.3, 0.4) is 0 Å². The van der Waals surface area contributed by atoms with E-state index >= 15 is 0 Å². The van der Waals surface area contributed by atoms with Gasteiger partial charge in [-0.3, -0.25) is 13.7 Å². The summed E-state index contributed by atoms with van der Waals surface area (Å²) in [6, 6.07) is 16.0. The Morgan fingerprint density at radius 2 is 1.26 bits per heavy atom. The number of pyridine rings is 1. The van der Waals surface area contributed by atoms with E-state index in [-0.39, 0.29) is 50.7 Å². The topological polar surface area (TPSA) is 204 Å². The van der Waals surface area contributed by atoms with Gasteiger partial charge < -0.3 is 12.5 Å². The third-order valence-electron chi connectivity index (χ3n) is 8.39. The number of hydrogen-bond acceptors (Lipinski definition) is 10. The molecule has 0 fully saturated rings. The first kappa shape index (κ1) is 29.6. The quantitative estimate of drug-likeness (QED) is 0.133. The summed E-state index contributed by atoms with van der Waals surface area (Å²) in [5.74, 6) is -1.25. The van der Waals surface area contributed by atoms with Gasteiger partial charge in [0.05, 0.1) is 16.6 Å². The van der Waals surface area contributed by atoms with Gasteiger partial charge in [0.15, 0.2) is 17.3 Å². The number of benzene rings is 4. The van der Waals surface area contributed by atoms with E-state index in [2.05, 4.69) is 0 Å². The second-order valence-corrected chi connectivity index (χ2v) is 14.0. The Labute approximate surface area is 266 Å². The van der Waals surface area contributed by atoms with Gasteiger partial charge in [0.1, 0.15) is 0 Å². The fourth-order valence-electron chi connectivity index (χ4n) is 6.89. The predicted molar refractivity (Wildman–Crippen MR) is 170 cm³/mol. The SMILES string of the molecule is O=S(=O)(O)OC1=c2ccccc2=C2C=Cc3nc4c(ccc5c(OS(=O)(=O)O)c6ccccc6c(OS(=O)(=O)O)c54)c4c3C2C1=CC4. The van der Waals surface area contributed by atoms with Crippen LogP contribution < -0.4 is 18.8 Å². The highest BCUT2D eigenvalue weighted by Crippen LogP contribution is 2.52. The molecule has 0 amide bonds. The van der Waals surface area contributed by atoms with Crippen molar-refractivity contribution in [3.8, 4) is 11.5 Å². The first-order valence-electron chi connectivity index (χ1n) is 13.7. The number of aromatic nitrogens is 1. The summed E-state index contributed by atoms with van der Waals surface area (Å²) in [4.78, 5) is 4.89. The number of allylic oxidation sites excluding steroid dienone is 2. The summed E-state index contributed by atoms with van der Waals surface area (Å²) in [6.45, 7) is 0. The predicted octanol–water partition coefficient (Wildman–Crippen LogP) is 3.29. The smallest absolute Gasteiger partial charge is 0.361 e. The minimum absolute atomic E-state index is 0.00923. The Balaban J connectivity index is 1.50. The lowest BCUT2D eigenvalue weighted by molar-refractivity contribution is 0.366. The van der Waals surface area contributed by atoms with E-state index in [0.29, 0.717) is 32.7 Å². The molecule has 238 valence electrons. The highest BCUT2D eigenvalue weighted by molar-refractivity contribution is 7.81. The van der Waals surface area contributed by atoms with E-state index in [9.17, 15) is 38.9 Å². The number of hydrogen-bond donors (Lipinski definition) is 3. The molecule has 1 unspecified atom stereocenters. The van der Waals surface area contributed by atoms with Crippen molar-refractivity contribution in [2.75, 3.05) is 0 Å². The van der Waals surface area contributed by atoms with E-state index in [1.54, 1.807) is 42.5 Å². The van der Waals surface area contributed by atoms with E-state index in [4.69, 9.17) is 17.5 Å². The molecule has 8 rings (SSSR count). The molecule has 0 aliphatic heterocycles. The van der Waals surface area contributed by atoms with Crippen molar-refractivity contribution in [2.24, 2.45) is 0 Å². The van der Waals surface area contributed by atoms with Gasteiger partial charge in [-0.15, -0.1) is 0 Å². The average Bonchev–Trinajstić information content (AvgIpc) is 3.00. The molecule has 0 spiro atoms. The zero-order chi connectivity index (χ0) is 33.0. The lowest BCUT2D eigenvalue weighted by Crippen LogP contribution is -2.38. The fraction of sp³-hybridized carbons (Fsp3) is 0.0645. The molecule has 3 N–H and O–H groups in total. The van der Waals surface area contributed by atoms with Crippen LogP contribution in [-0.4, -0.2) is 43.9 Å². The molecule has 0 radical (unpaired) electrons. The maximum absolute atomic E-state index is 12.1. The Hall–Kier alpha value is -4.84. The van der Waals surface area contributed by atoms with Crippen molar-refractivity contribution in [3.05, 3.63) is 106 Å². The summed E-state index contributed by atoms with van der Waals surface area (Å²) in [5, 5.41) is 1.75. The molecule has 13 nitrogen and oxygen atoms in total. The molecular weight excluding hydrogens is 675 g/mol. The molecule has 0 saturated heterocycles. The Morgan fingerprint density at radius 1 is 0.660 bits per heavy atom. The molecule has 3 aliphatic carbocycles. The van der Waals surface area contributed by atoms with Gasteiger partial charge in [-0.05, 0) is 40.5 Å². The van der Waals surface area contributed by atoms with Crippen LogP contribution in [0.1, 0.15) is 22.7 Å². The third-order valence-corrected chi connectivity index (χ3v) is 9.52. The van der Waals surface area contributed by atoms with Crippen molar-refractivity contribution in [2.45, 2.75) is 12.3 Å². The molecule has 1 aromatic heterocycles. The molecule has 3 aliphatic rings. The molecule has 16 heteroatoms. The highest BCUT2D eigenvalue weighted by atomic mass is 32.3. The zero-order valence-corrected chi connectivity index (χ0v) is 25.9. The lowest BCUT2D eigenvalue weighted by atomic mass is 9.70. The van der Waals surface area contributed by atoms with Crippen LogP contribution in [-0.2, 0) is 41.8 Å². The molecule has 0 saturated carbocycles. The molecule has 1 heterocycles. The lowest BCUT2D eigenvalue weighted by Gasteiger charge is -2.35. The van der Waals surface area contributed by atoms with Gasteiger partial charge in [0.2, 0.25) is 0 Å². The Morgan fingerprint density at radius 3 is 1.94 bits per heavy atom. The summed E-state index contributed by atoms with van der Waals surface area (Å²) >= 11 is 0. The van der Waals surface area contributed by atoms with Gasteiger partial charge in [-0.1, -0.05) is 66.7 Å². The van der Waals surface area contributed by atoms with Gasteiger partial charge in [0.25, 0.3) is 0 Å². The average molecular weight is 694 g/mol. The van der Waals surface area contributed by atoms with Crippen molar-refractivity contribution in [3.63, 3.8) is 0 Å². The summed E-state index contributed by atoms with van der Waals surface area (Å²) in [7, 11) is -15.1. The van der Waals surface area contributed by atoms with Gasteiger partial charge in [0, 0.05) is 38.3 Å². The first-order chi connectivity index (χ1) is 22.2. The Kier molecular flexibility index (Phi) is 6.18. The van der Waals surface area contributed by atoms with Crippen LogP contribution in [0.4, 0.5) is 0 Å². The zero-order valence-electron chi connectivity index (χ0n) is 23.5. The van der Waals surface area contributed by atoms with Gasteiger partial charge in [-0.25, -0.2) is 4.98 Å². The second-order valence-electron chi connectivity index (χ2n) is 11.0. The van der Waals surface area contributed by atoms with Crippen molar-refractivity contribution in [1.82, 2.24) is 4.98 Å². The monoisotopic (exact) mass is 693 g/mol. The summed E-state index contributed by atoms with van der Waals surface area (Å²) < 4.78 is 116. The van der Waals surface area contributed by atoms with E-state index in [1.807, 2.05) is 6.08 Å². The number of rotatable bonds is 6. The van der Waals surface area contributed by atoms with Crippen LogP contribution in [0, 0.1) is 0 Å². The maximum Gasteiger partial charge on any atom is 0.446 e. The standard InChI is InChI=1S/C31H19NO12S3/c33-45(34,35)42-29-19-6-2-1-5-15(19)16-13-14-24-26-17(9-11-22(29)25(16)26)18-10-12-23-27(28(18)32-24)31(44-47(39,40)41)21-8-4-3-7-20(21)30(23)43-46(36,37)38/h1-8,10-14,25H,9H2,(H,33,34,35)(H,36,37,38)(H,39,40,41). The van der Waals surface area contributed by atoms with Gasteiger partial charge >= 0.3 is 31.2 Å². The van der Waals surface area contributed by atoms with E-state index < -0.39 is 37.1 Å². The molecule has 47 heavy (non-hydrogen) atoms. The third kappa shape index (κ3) is 4.76. The summed E-state index contributed by atoms with van der Waals surface area (Å²) in [5.41, 5.74) is 3.37. The highest BCUT2D eigenvalue weighted by Gasteiger charge is 2.38. The van der Waals surface area contributed by atoms with E-state index in [0.717, 1.165) is 11.1 Å². The maximum atomic E-state index is 12.1. The number of nitrogens with zero attached hydrogens (tertiary/aromatic N) is 1. The van der Waals surface area contributed by atoms with Gasteiger partial charge in [-0.2, -0.15) is 25.3 Å². The largest absolute Gasteiger partial charge is 0.446 e. The minimum atomic E-state index is -5.12. The van der Waals surface area contributed by atoms with Crippen molar-refractivity contribution >= 4 is 81.1 Å². The van der Waals surface area contributed by atoms with Crippen molar-refractivity contribution in [1.29, 1.82) is 0 Å². The normalized spacial score (nSPS) is 17.0. The minimum Gasteiger partial charge on any atom is -0.361 e. The van der Waals surface area contributed by atoms with Crippen LogP contribution in [0.15, 0.2) is 78.4 Å². The molecule has 4 aromatic carbocycles. The van der Waals surface area contributed by atoms with Crippen LogP contribution >= 0.6 is 0 Å². The summed E-state index contributed by atoms with van der Waals surface area (Å²) in [6.07, 6.45) is 5.56. The van der Waals surface area contributed by atoms with Crippen LogP contribution in [0.25, 0.3) is 49.9 Å². The molecule has 1 atom stereocenters.